The Morgan fingerprint density at radius 1 is 0.967 bits per heavy atom. The van der Waals surface area contributed by atoms with E-state index in [-0.39, 0.29) is 5.91 Å². The molecule has 0 unspecified atom stereocenters. The SMILES string of the molecule is CC(=O)N1Cc2cc(Cl)ccc2-n2c(nnc2[C@H]2CC[C@H](c3ccccc3)CC2)C1. The topological polar surface area (TPSA) is 51.0 Å². The number of carbonyl (C=O) groups excluding carboxylic acids is 1. The zero-order chi connectivity index (χ0) is 20.7. The quantitative estimate of drug-likeness (QED) is 0.570. The fourth-order valence-corrected chi connectivity index (χ4v) is 5.12. The average molecular weight is 421 g/mol. The molecule has 0 spiro atoms. The standard InChI is InChI=1S/C24H25ClN4O/c1-16(30)28-14-20-13-21(25)11-12-22(20)29-23(15-28)26-27-24(29)19-9-7-18(8-10-19)17-5-3-2-4-6-17/h2-6,11-13,18-19H,7-10,14-15H2,1H3/t18-,19-. The molecular formula is C24H25ClN4O. The first kappa shape index (κ1) is 19.3. The van der Waals surface area contributed by atoms with Gasteiger partial charge in [0.05, 0.1) is 12.2 Å². The van der Waals surface area contributed by atoms with Crippen LogP contribution in [0.25, 0.3) is 5.69 Å². The number of hydrogen-bond donors (Lipinski definition) is 0. The van der Waals surface area contributed by atoms with Crippen molar-refractivity contribution in [1.29, 1.82) is 0 Å². The van der Waals surface area contributed by atoms with Crippen molar-refractivity contribution in [2.45, 2.75) is 57.5 Å². The van der Waals surface area contributed by atoms with E-state index in [2.05, 4.69) is 45.1 Å². The Hall–Kier alpha value is -2.66. The third-order valence-corrected chi connectivity index (χ3v) is 6.77. The summed E-state index contributed by atoms with van der Waals surface area (Å²) in [4.78, 5) is 14.0. The Bertz CT molecular complexity index is 1070. The first-order valence-electron chi connectivity index (χ1n) is 10.6. The van der Waals surface area contributed by atoms with Crippen LogP contribution in [0.15, 0.2) is 48.5 Å². The summed E-state index contributed by atoms with van der Waals surface area (Å²) in [5.74, 6) is 2.87. The molecule has 1 amide bonds. The van der Waals surface area contributed by atoms with Crippen molar-refractivity contribution in [3.05, 3.63) is 76.3 Å². The van der Waals surface area contributed by atoms with Crippen molar-refractivity contribution in [1.82, 2.24) is 19.7 Å². The molecule has 0 saturated heterocycles. The molecule has 2 aliphatic rings. The average Bonchev–Trinajstić information content (AvgIpc) is 3.10. The van der Waals surface area contributed by atoms with Crippen LogP contribution >= 0.6 is 11.6 Å². The summed E-state index contributed by atoms with van der Waals surface area (Å²) in [6.45, 7) is 2.60. The lowest BCUT2D eigenvalue weighted by Crippen LogP contribution is -2.27. The minimum absolute atomic E-state index is 0.0299. The minimum Gasteiger partial charge on any atom is -0.331 e. The lowest BCUT2D eigenvalue weighted by atomic mass is 9.78. The maximum absolute atomic E-state index is 12.2. The number of amides is 1. The molecule has 0 radical (unpaired) electrons. The highest BCUT2D eigenvalue weighted by molar-refractivity contribution is 6.30. The van der Waals surface area contributed by atoms with E-state index >= 15 is 0 Å². The molecule has 2 heterocycles. The van der Waals surface area contributed by atoms with Gasteiger partial charge in [-0.25, -0.2) is 0 Å². The number of carbonyl (C=O) groups is 1. The molecule has 0 N–H and O–H groups in total. The van der Waals surface area contributed by atoms with Gasteiger partial charge in [-0.15, -0.1) is 10.2 Å². The van der Waals surface area contributed by atoms with Crippen LogP contribution in [0.5, 0.6) is 0 Å². The first-order valence-corrected chi connectivity index (χ1v) is 11.0. The molecule has 5 nitrogen and oxygen atoms in total. The van der Waals surface area contributed by atoms with Crippen molar-refractivity contribution < 1.29 is 4.79 Å². The van der Waals surface area contributed by atoms with E-state index < -0.39 is 0 Å². The maximum Gasteiger partial charge on any atom is 0.220 e. The van der Waals surface area contributed by atoms with Crippen LogP contribution < -0.4 is 0 Å². The molecule has 0 atom stereocenters. The highest BCUT2D eigenvalue weighted by Gasteiger charge is 2.31. The number of benzene rings is 2. The maximum atomic E-state index is 12.2. The molecule has 154 valence electrons. The molecule has 2 aromatic carbocycles. The molecule has 0 bridgehead atoms. The van der Waals surface area contributed by atoms with Gasteiger partial charge in [-0.05, 0) is 60.9 Å². The van der Waals surface area contributed by atoms with Crippen LogP contribution in [0.3, 0.4) is 0 Å². The summed E-state index contributed by atoms with van der Waals surface area (Å²) < 4.78 is 2.18. The van der Waals surface area contributed by atoms with Crippen LogP contribution in [0.1, 0.15) is 67.2 Å². The smallest absolute Gasteiger partial charge is 0.220 e. The Morgan fingerprint density at radius 2 is 1.70 bits per heavy atom. The molecule has 3 aromatic rings. The van der Waals surface area contributed by atoms with E-state index in [0.29, 0.717) is 29.9 Å². The number of nitrogens with zero attached hydrogens (tertiary/aromatic N) is 4. The zero-order valence-electron chi connectivity index (χ0n) is 17.1. The van der Waals surface area contributed by atoms with Crippen molar-refractivity contribution in [3.8, 4) is 5.69 Å². The number of rotatable bonds is 2. The second-order valence-electron chi connectivity index (χ2n) is 8.42. The number of aromatic nitrogens is 3. The van der Waals surface area contributed by atoms with Crippen LogP contribution in [-0.4, -0.2) is 25.6 Å². The van der Waals surface area contributed by atoms with Crippen molar-refractivity contribution in [3.63, 3.8) is 0 Å². The molecular weight excluding hydrogens is 396 g/mol. The van der Waals surface area contributed by atoms with Gasteiger partial charge in [-0.3, -0.25) is 9.36 Å². The Morgan fingerprint density at radius 3 is 2.43 bits per heavy atom. The predicted molar refractivity (Wildman–Crippen MR) is 117 cm³/mol. The van der Waals surface area contributed by atoms with Gasteiger partial charge in [-0.2, -0.15) is 0 Å². The second-order valence-corrected chi connectivity index (χ2v) is 8.85. The molecule has 1 fully saturated rings. The van der Waals surface area contributed by atoms with Gasteiger partial charge in [0.2, 0.25) is 5.91 Å². The lowest BCUT2D eigenvalue weighted by molar-refractivity contribution is -0.130. The van der Waals surface area contributed by atoms with E-state index in [1.165, 1.54) is 5.56 Å². The third kappa shape index (κ3) is 3.52. The second kappa shape index (κ2) is 7.88. The lowest BCUT2D eigenvalue weighted by Gasteiger charge is -2.28. The fourth-order valence-electron chi connectivity index (χ4n) is 4.92. The van der Waals surface area contributed by atoms with Gasteiger partial charge in [0.1, 0.15) is 5.82 Å². The molecule has 1 aromatic heterocycles. The number of hydrogen-bond acceptors (Lipinski definition) is 3. The van der Waals surface area contributed by atoms with E-state index in [9.17, 15) is 4.79 Å². The Balaban J connectivity index is 1.47. The van der Waals surface area contributed by atoms with Gasteiger partial charge in [-0.1, -0.05) is 41.9 Å². The molecule has 6 heteroatoms. The summed E-state index contributed by atoms with van der Waals surface area (Å²) in [5, 5.41) is 9.81. The summed E-state index contributed by atoms with van der Waals surface area (Å²) in [6, 6.07) is 16.7. The fraction of sp³-hybridized carbons (Fsp3) is 0.375. The van der Waals surface area contributed by atoms with Gasteiger partial charge in [0, 0.05) is 24.4 Å². The van der Waals surface area contributed by atoms with Gasteiger partial charge in [0.25, 0.3) is 0 Å². The highest BCUT2D eigenvalue weighted by Crippen LogP contribution is 2.41. The van der Waals surface area contributed by atoms with Gasteiger partial charge in [0.15, 0.2) is 5.82 Å². The van der Waals surface area contributed by atoms with Gasteiger partial charge >= 0.3 is 0 Å². The monoisotopic (exact) mass is 420 g/mol. The van der Waals surface area contributed by atoms with E-state index in [0.717, 1.165) is 48.6 Å². The third-order valence-electron chi connectivity index (χ3n) is 6.54. The molecule has 1 aliphatic carbocycles. The number of halogens is 1. The van der Waals surface area contributed by atoms with E-state index in [1.807, 2.05) is 18.2 Å². The molecule has 5 rings (SSSR count). The largest absolute Gasteiger partial charge is 0.331 e. The molecule has 30 heavy (non-hydrogen) atoms. The van der Waals surface area contributed by atoms with Gasteiger partial charge < -0.3 is 4.90 Å². The Kier molecular flexibility index (Phi) is 5.07. The zero-order valence-corrected chi connectivity index (χ0v) is 17.8. The van der Waals surface area contributed by atoms with Crippen LogP contribution in [0.4, 0.5) is 0 Å². The first-order chi connectivity index (χ1) is 14.6. The summed E-state index contributed by atoms with van der Waals surface area (Å²) in [5.41, 5.74) is 3.52. The van der Waals surface area contributed by atoms with Crippen LogP contribution in [0.2, 0.25) is 5.02 Å². The highest BCUT2D eigenvalue weighted by atomic mass is 35.5. The van der Waals surface area contributed by atoms with Crippen molar-refractivity contribution in [2.75, 3.05) is 0 Å². The van der Waals surface area contributed by atoms with E-state index in [4.69, 9.17) is 11.6 Å². The molecule has 1 saturated carbocycles. The summed E-state index contributed by atoms with van der Waals surface area (Å²) in [7, 11) is 0. The summed E-state index contributed by atoms with van der Waals surface area (Å²) >= 11 is 6.28. The van der Waals surface area contributed by atoms with Crippen molar-refractivity contribution in [2.24, 2.45) is 0 Å². The molecule has 1 aliphatic heterocycles. The number of fused-ring (bicyclic) bond motifs is 3. The van der Waals surface area contributed by atoms with Crippen molar-refractivity contribution >= 4 is 17.5 Å². The normalized spacial score (nSPS) is 20.9. The van der Waals surface area contributed by atoms with Crippen LogP contribution in [-0.2, 0) is 17.9 Å². The minimum atomic E-state index is 0.0299. The summed E-state index contributed by atoms with van der Waals surface area (Å²) in [6.07, 6.45) is 4.50. The van der Waals surface area contributed by atoms with Crippen LogP contribution in [0, 0.1) is 0 Å². The Labute approximate surface area is 181 Å². The van der Waals surface area contributed by atoms with E-state index in [1.54, 1.807) is 11.8 Å². The predicted octanol–water partition coefficient (Wildman–Crippen LogP) is 5.22.